The summed E-state index contributed by atoms with van der Waals surface area (Å²) in [4.78, 5) is 16.8. The number of methoxy groups -OCH3 is 1. The molecule has 0 spiro atoms. The number of benzene rings is 2. The number of carbonyl (C=O) groups is 1. The van der Waals surface area contributed by atoms with Gasteiger partial charge in [-0.1, -0.05) is 41.6 Å². The van der Waals surface area contributed by atoms with Crippen molar-refractivity contribution in [1.82, 2.24) is 20.5 Å². The predicted molar refractivity (Wildman–Crippen MR) is 107 cm³/mol. The molecule has 1 heterocycles. The van der Waals surface area contributed by atoms with Crippen molar-refractivity contribution >= 4 is 17.7 Å². The van der Waals surface area contributed by atoms with Crippen LogP contribution in [0, 0.1) is 6.92 Å². The average Bonchev–Trinajstić information content (AvgIpc) is 3.15. The number of H-pyrrole nitrogens is 1. The van der Waals surface area contributed by atoms with E-state index in [1.54, 1.807) is 7.11 Å². The molecule has 3 aromatic rings. The number of thioether (sulfide) groups is 1. The average molecular weight is 382 g/mol. The summed E-state index contributed by atoms with van der Waals surface area (Å²) >= 11 is 1.32. The molecule has 3 rings (SSSR count). The number of rotatable bonds is 7. The molecule has 0 aliphatic heterocycles. The zero-order valence-electron chi connectivity index (χ0n) is 15.5. The van der Waals surface area contributed by atoms with Crippen molar-refractivity contribution in [3.05, 3.63) is 59.7 Å². The normalized spacial score (nSPS) is 11.8. The molecule has 140 valence electrons. The number of aromatic amines is 1. The first-order valence-electron chi connectivity index (χ1n) is 8.62. The Hall–Kier alpha value is -2.80. The van der Waals surface area contributed by atoms with Crippen molar-refractivity contribution in [2.45, 2.75) is 30.8 Å². The third-order valence-corrected chi connectivity index (χ3v) is 5.03. The lowest BCUT2D eigenvalue weighted by molar-refractivity contribution is -0.120. The quantitative estimate of drug-likeness (QED) is 0.611. The van der Waals surface area contributed by atoms with Gasteiger partial charge in [-0.2, -0.15) is 0 Å². The molecule has 0 fully saturated rings. The van der Waals surface area contributed by atoms with Crippen LogP contribution in [0.25, 0.3) is 11.4 Å². The largest absolute Gasteiger partial charge is 0.497 e. The van der Waals surface area contributed by atoms with Crippen LogP contribution in [0.5, 0.6) is 5.75 Å². The van der Waals surface area contributed by atoms with Gasteiger partial charge in [0.25, 0.3) is 0 Å². The van der Waals surface area contributed by atoms with E-state index in [2.05, 4.69) is 20.5 Å². The van der Waals surface area contributed by atoms with Gasteiger partial charge in [-0.3, -0.25) is 9.89 Å². The third kappa shape index (κ3) is 5.10. The van der Waals surface area contributed by atoms with Crippen LogP contribution in [0.4, 0.5) is 0 Å². The second-order valence-corrected chi connectivity index (χ2v) is 7.47. The molecule has 0 saturated carbocycles. The van der Waals surface area contributed by atoms with Gasteiger partial charge in [0.05, 0.1) is 12.4 Å². The molecule has 2 N–H and O–H groups in total. The fourth-order valence-electron chi connectivity index (χ4n) is 2.43. The molecule has 0 saturated heterocycles. The number of amides is 1. The SMILES string of the molecule is COc1ccc(-c2nc(S[C@@H](C)C(=O)NCc3ccc(C)cc3)n[nH]2)cc1. The molecule has 1 aromatic heterocycles. The summed E-state index contributed by atoms with van der Waals surface area (Å²) in [5.41, 5.74) is 3.18. The predicted octanol–water partition coefficient (Wildman–Crippen LogP) is 3.59. The number of carbonyl (C=O) groups excluding carboxylic acids is 1. The van der Waals surface area contributed by atoms with Gasteiger partial charge in [-0.25, -0.2) is 4.98 Å². The monoisotopic (exact) mass is 382 g/mol. The Balaban J connectivity index is 1.55. The van der Waals surface area contributed by atoms with Crippen molar-refractivity contribution < 1.29 is 9.53 Å². The van der Waals surface area contributed by atoms with Crippen LogP contribution in [0.1, 0.15) is 18.1 Å². The van der Waals surface area contributed by atoms with Crippen molar-refractivity contribution in [2.24, 2.45) is 0 Å². The van der Waals surface area contributed by atoms with Gasteiger partial charge in [0.15, 0.2) is 5.82 Å². The molecular formula is C20H22N4O2S. The van der Waals surface area contributed by atoms with E-state index in [9.17, 15) is 4.79 Å². The van der Waals surface area contributed by atoms with E-state index < -0.39 is 0 Å². The van der Waals surface area contributed by atoms with Crippen LogP contribution in [-0.2, 0) is 11.3 Å². The lowest BCUT2D eigenvalue weighted by atomic mass is 10.1. The maximum absolute atomic E-state index is 12.3. The van der Waals surface area contributed by atoms with Gasteiger partial charge in [-0.15, -0.1) is 5.10 Å². The molecule has 2 aromatic carbocycles. The van der Waals surface area contributed by atoms with E-state index in [1.807, 2.05) is 62.4 Å². The van der Waals surface area contributed by atoms with Crippen LogP contribution in [0.3, 0.4) is 0 Å². The number of aromatic nitrogens is 3. The third-order valence-electron chi connectivity index (χ3n) is 4.07. The van der Waals surface area contributed by atoms with E-state index in [-0.39, 0.29) is 11.2 Å². The lowest BCUT2D eigenvalue weighted by Gasteiger charge is -2.10. The number of hydrogen-bond acceptors (Lipinski definition) is 5. The Morgan fingerprint density at radius 3 is 2.56 bits per heavy atom. The molecule has 1 atom stereocenters. The zero-order chi connectivity index (χ0) is 19.2. The molecule has 0 unspecified atom stereocenters. The second-order valence-electron chi connectivity index (χ2n) is 6.16. The Kier molecular flexibility index (Phi) is 6.13. The molecule has 0 bridgehead atoms. The van der Waals surface area contributed by atoms with Crippen molar-refractivity contribution in [3.63, 3.8) is 0 Å². The molecule has 7 heteroatoms. The van der Waals surface area contributed by atoms with Gasteiger partial charge >= 0.3 is 0 Å². The lowest BCUT2D eigenvalue weighted by Crippen LogP contribution is -2.30. The Bertz CT molecular complexity index is 891. The number of ether oxygens (including phenoxy) is 1. The molecule has 6 nitrogen and oxygen atoms in total. The summed E-state index contributed by atoms with van der Waals surface area (Å²) in [6.07, 6.45) is 0. The molecule has 27 heavy (non-hydrogen) atoms. The van der Waals surface area contributed by atoms with Gasteiger partial charge < -0.3 is 10.1 Å². The maximum Gasteiger partial charge on any atom is 0.233 e. The summed E-state index contributed by atoms with van der Waals surface area (Å²) in [5, 5.41) is 10.3. The highest BCUT2D eigenvalue weighted by atomic mass is 32.2. The van der Waals surface area contributed by atoms with Crippen LogP contribution in [0.15, 0.2) is 53.7 Å². The minimum absolute atomic E-state index is 0.0450. The summed E-state index contributed by atoms with van der Waals surface area (Å²) in [6, 6.07) is 15.7. The number of nitrogens with zero attached hydrogens (tertiary/aromatic N) is 2. The Labute approximate surface area is 162 Å². The Morgan fingerprint density at radius 1 is 1.19 bits per heavy atom. The van der Waals surface area contributed by atoms with Gasteiger partial charge in [0.2, 0.25) is 11.1 Å². The first-order valence-corrected chi connectivity index (χ1v) is 9.50. The number of nitrogens with one attached hydrogen (secondary N) is 2. The van der Waals surface area contributed by atoms with Crippen LogP contribution >= 0.6 is 11.8 Å². The first-order chi connectivity index (χ1) is 13.0. The fourth-order valence-corrected chi connectivity index (χ4v) is 3.18. The highest BCUT2D eigenvalue weighted by molar-refractivity contribution is 8.00. The molecule has 1 amide bonds. The topological polar surface area (TPSA) is 79.9 Å². The molecule has 0 radical (unpaired) electrons. The molecule has 0 aliphatic carbocycles. The van der Waals surface area contributed by atoms with Crippen molar-refractivity contribution in [1.29, 1.82) is 0 Å². The van der Waals surface area contributed by atoms with Crippen molar-refractivity contribution in [2.75, 3.05) is 7.11 Å². The minimum Gasteiger partial charge on any atom is -0.497 e. The fraction of sp³-hybridized carbons (Fsp3) is 0.250. The van der Waals surface area contributed by atoms with Gasteiger partial charge in [0, 0.05) is 12.1 Å². The number of aryl methyl sites for hydroxylation is 1. The van der Waals surface area contributed by atoms with Gasteiger partial charge in [0.1, 0.15) is 5.75 Å². The zero-order valence-corrected chi connectivity index (χ0v) is 16.3. The summed E-state index contributed by atoms with van der Waals surface area (Å²) in [7, 11) is 1.63. The standard InChI is InChI=1S/C20H22N4O2S/c1-13-4-6-15(7-5-13)12-21-19(25)14(2)27-20-22-18(23-24-20)16-8-10-17(26-3)11-9-16/h4-11,14H,12H2,1-3H3,(H,21,25)(H,22,23,24)/t14-/m0/s1. The van der Waals surface area contributed by atoms with Gasteiger partial charge in [-0.05, 0) is 43.7 Å². The highest BCUT2D eigenvalue weighted by Crippen LogP contribution is 2.24. The summed E-state index contributed by atoms with van der Waals surface area (Å²) in [5.74, 6) is 1.40. The molecular weight excluding hydrogens is 360 g/mol. The van der Waals surface area contributed by atoms with E-state index in [1.165, 1.54) is 17.3 Å². The first kappa shape index (κ1) is 19.0. The van der Waals surface area contributed by atoms with Crippen molar-refractivity contribution in [3.8, 4) is 17.1 Å². The second kappa shape index (κ2) is 8.73. The van der Waals surface area contributed by atoms with E-state index >= 15 is 0 Å². The van der Waals surface area contributed by atoms with Crippen LogP contribution in [-0.4, -0.2) is 33.4 Å². The van der Waals surface area contributed by atoms with E-state index in [0.717, 1.165) is 16.9 Å². The summed E-state index contributed by atoms with van der Waals surface area (Å²) < 4.78 is 5.16. The van der Waals surface area contributed by atoms with E-state index in [4.69, 9.17) is 4.74 Å². The van der Waals surface area contributed by atoms with Crippen LogP contribution < -0.4 is 10.1 Å². The highest BCUT2D eigenvalue weighted by Gasteiger charge is 2.17. The Morgan fingerprint density at radius 2 is 1.89 bits per heavy atom. The summed E-state index contributed by atoms with van der Waals surface area (Å²) in [6.45, 7) is 4.39. The van der Waals surface area contributed by atoms with Crippen LogP contribution in [0.2, 0.25) is 0 Å². The maximum atomic E-state index is 12.3. The molecule has 0 aliphatic rings. The van der Waals surface area contributed by atoms with E-state index in [0.29, 0.717) is 17.5 Å². The smallest absolute Gasteiger partial charge is 0.233 e. The number of hydrogen-bond donors (Lipinski definition) is 2. The minimum atomic E-state index is -0.296.